The zero-order valence-electron chi connectivity index (χ0n) is 15.4. The summed E-state index contributed by atoms with van der Waals surface area (Å²) in [5.41, 5.74) is 0.408. The number of hydrogen-bond acceptors (Lipinski definition) is 9. The maximum Gasteiger partial charge on any atom is 0.413 e. The van der Waals surface area contributed by atoms with Crippen LogP contribution in [0.1, 0.15) is 30.0 Å². The number of methoxy groups -OCH3 is 2. The molecule has 0 atom stereocenters. The lowest BCUT2D eigenvalue weighted by Crippen LogP contribution is -2.44. The number of carbonyl (C=O) groups is 3. The van der Waals surface area contributed by atoms with Gasteiger partial charge in [-0.3, -0.25) is 10.6 Å². The number of amides is 2. The fraction of sp³-hybridized carbons (Fsp3) is 0.467. The molecule has 0 aromatic carbocycles. The maximum atomic E-state index is 12.1. The van der Waals surface area contributed by atoms with E-state index in [-0.39, 0.29) is 24.9 Å². The van der Waals surface area contributed by atoms with Crippen molar-refractivity contribution in [2.75, 3.05) is 27.4 Å². The Kier molecular flexibility index (Phi) is 9.33. The summed E-state index contributed by atoms with van der Waals surface area (Å²) in [5.74, 6) is -1.02. The molecule has 0 radical (unpaired) electrons. The highest BCUT2D eigenvalue weighted by Gasteiger charge is 2.19. The normalized spacial score (nSPS) is 9.93. The van der Waals surface area contributed by atoms with Gasteiger partial charge in [0.2, 0.25) is 5.96 Å². The molecule has 1 aromatic heterocycles. The smallest absolute Gasteiger partial charge is 0.413 e. The second-order valence-electron chi connectivity index (χ2n) is 4.59. The van der Waals surface area contributed by atoms with Gasteiger partial charge in [0.15, 0.2) is 5.69 Å². The summed E-state index contributed by atoms with van der Waals surface area (Å²) >= 11 is 0. The van der Waals surface area contributed by atoms with Crippen molar-refractivity contribution in [3.63, 3.8) is 0 Å². The molecule has 150 valence electrons. The van der Waals surface area contributed by atoms with Crippen LogP contribution in [-0.2, 0) is 30.6 Å². The van der Waals surface area contributed by atoms with Crippen molar-refractivity contribution >= 4 is 24.1 Å². The number of ether oxygens (including phenoxy) is 3. The minimum atomic E-state index is -0.901. The van der Waals surface area contributed by atoms with Crippen LogP contribution >= 0.6 is 0 Å². The van der Waals surface area contributed by atoms with Crippen molar-refractivity contribution in [3.05, 3.63) is 23.5 Å². The monoisotopic (exact) mass is 386 g/mol. The SMILES string of the molecule is CCOOCc1ccc(C(=O)OCC)n1N=C(NC(=O)OC)NC(=O)OC. The molecule has 2 N–H and O–H groups in total. The van der Waals surface area contributed by atoms with E-state index >= 15 is 0 Å². The van der Waals surface area contributed by atoms with Gasteiger partial charge >= 0.3 is 18.2 Å². The van der Waals surface area contributed by atoms with Crippen LogP contribution in [0.2, 0.25) is 0 Å². The van der Waals surface area contributed by atoms with Crippen LogP contribution in [0.5, 0.6) is 0 Å². The Morgan fingerprint density at radius 2 is 1.63 bits per heavy atom. The van der Waals surface area contributed by atoms with Crippen LogP contribution in [0.4, 0.5) is 9.59 Å². The molecule has 0 spiro atoms. The fourth-order valence-corrected chi connectivity index (χ4v) is 1.72. The summed E-state index contributed by atoms with van der Waals surface area (Å²) in [6.07, 6.45) is -1.80. The molecule has 0 saturated carbocycles. The maximum absolute atomic E-state index is 12.1. The molecule has 12 nitrogen and oxygen atoms in total. The highest BCUT2D eigenvalue weighted by Crippen LogP contribution is 2.12. The minimum Gasteiger partial charge on any atom is -0.461 e. The summed E-state index contributed by atoms with van der Waals surface area (Å²) in [4.78, 5) is 44.9. The van der Waals surface area contributed by atoms with Gasteiger partial charge in [0.25, 0.3) is 0 Å². The zero-order chi connectivity index (χ0) is 20.2. The van der Waals surface area contributed by atoms with Gasteiger partial charge in [-0.25, -0.2) is 28.8 Å². The first-order chi connectivity index (χ1) is 13.0. The Hall–Kier alpha value is -3.12. The quantitative estimate of drug-likeness (QED) is 0.134. The predicted molar refractivity (Wildman–Crippen MR) is 90.7 cm³/mol. The van der Waals surface area contributed by atoms with Crippen LogP contribution in [-0.4, -0.2) is 56.2 Å². The van der Waals surface area contributed by atoms with E-state index in [4.69, 9.17) is 14.5 Å². The van der Waals surface area contributed by atoms with Crippen molar-refractivity contribution in [2.24, 2.45) is 5.10 Å². The molecule has 27 heavy (non-hydrogen) atoms. The first kappa shape index (κ1) is 21.9. The molecule has 0 aliphatic carbocycles. The van der Waals surface area contributed by atoms with Gasteiger partial charge in [0.05, 0.1) is 33.1 Å². The van der Waals surface area contributed by atoms with E-state index in [0.29, 0.717) is 12.3 Å². The number of nitrogens with zero attached hydrogens (tertiary/aromatic N) is 2. The van der Waals surface area contributed by atoms with Gasteiger partial charge in [0.1, 0.15) is 6.61 Å². The number of guanidine groups is 1. The lowest BCUT2D eigenvalue weighted by molar-refractivity contribution is -0.301. The number of carbonyl (C=O) groups excluding carboxylic acids is 3. The molecule has 0 saturated heterocycles. The highest BCUT2D eigenvalue weighted by molar-refractivity contribution is 6.01. The van der Waals surface area contributed by atoms with E-state index in [1.54, 1.807) is 19.9 Å². The largest absolute Gasteiger partial charge is 0.461 e. The number of rotatable bonds is 7. The molecule has 0 aliphatic heterocycles. The Bertz CT molecular complexity index is 665. The van der Waals surface area contributed by atoms with Crippen molar-refractivity contribution in [3.8, 4) is 0 Å². The topological polar surface area (TPSA) is 139 Å². The average Bonchev–Trinajstić information content (AvgIpc) is 3.04. The lowest BCUT2D eigenvalue weighted by atomic mass is 10.4. The standard InChI is InChI=1S/C15H22N4O8/c1-5-25-12(20)11-8-7-10(9-27-26-6-2)19(11)18-13(16-14(21)23-3)17-15(22)24-4/h7-8H,5-6,9H2,1-4H3,(H2,16,17,18,21,22). The van der Waals surface area contributed by atoms with Gasteiger partial charge in [-0.2, -0.15) is 0 Å². The summed E-state index contributed by atoms with van der Waals surface area (Å²) in [7, 11) is 2.26. The Morgan fingerprint density at radius 3 is 2.15 bits per heavy atom. The fourth-order valence-electron chi connectivity index (χ4n) is 1.72. The van der Waals surface area contributed by atoms with Gasteiger partial charge in [-0.15, -0.1) is 5.10 Å². The molecule has 1 heterocycles. The second-order valence-corrected chi connectivity index (χ2v) is 4.59. The summed E-state index contributed by atoms with van der Waals surface area (Å²) < 4.78 is 15.0. The predicted octanol–water partition coefficient (Wildman–Crippen LogP) is 0.964. The van der Waals surface area contributed by atoms with Gasteiger partial charge in [0, 0.05) is 0 Å². The summed E-state index contributed by atoms with van der Waals surface area (Å²) in [6.45, 7) is 3.77. The van der Waals surface area contributed by atoms with E-state index in [1.807, 2.05) is 0 Å². The van der Waals surface area contributed by atoms with E-state index in [2.05, 4.69) is 25.2 Å². The van der Waals surface area contributed by atoms with Crippen molar-refractivity contribution in [1.82, 2.24) is 15.3 Å². The summed E-state index contributed by atoms with van der Waals surface area (Å²) in [6, 6.07) is 2.99. The van der Waals surface area contributed by atoms with Gasteiger partial charge < -0.3 is 14.2 Å². The van der Waals surface area contributed by atoms with Crippen LogP contribution in [0.25, 0.3) is 0 Å². The minimum absolute atomic E-state index is 0.0304. The molecule has 0 aliphatic rings. The second kappa shape index (κ2) is 11.5. The van der Waals surface area contributed by atoms with E-state index < -0.39 is 18.2 Å². The van der Waals surface area contributed by atoms with Crippen LogP contribution in [0, 0.1) is 0 Å². The molecule has 0 unspecified atom stereocenters. The third-order valence-electron chi connectivity index (χ3n) is 2.84. The van der Waals surface area contributed by atoms with E-state index in [9.17, 15) is 14.4 Å². The Morgan fingerprint density at radius 1 is 1.00 bits per heavy atom. The Balaban J connectivity index is 3.28. The van der Waals surface area contributed by atoms with Crippen molar-refractivity contribution in [1.29, 1.82) is 0 Å². The van der Waals surface area contributed by atoms with E-state index in [1.165, 1.54) is 6.07 Å². The van der Waals surface area contributed by atoms with Gasteiger partial charge in [-0.1, -0.05) is 0 Å². The number of aromatic nitrogens is 1. The molecule has 1 aromatic rings. The van der Waals surface area contributed by atoms with E-state index in [0.717, 1.165) is 18.9 Å². The molecule has 0 fully saturated rings. The van der Waals surface area contributed by atoms with Crippen molar-refractivity contribution < 1.29 is 38.4 Å². The zero-order valence-corrected chi connectivity index (χ0v) is 15.4. The van der Waals surface area contributed by atoms with Crippen LogP contribution in [0.3, 0.4) is 0 Å². The first-order valence-corrected chi connectivity index (χ1v) is 7.87. The average molecular weight is 386 g/mol. The van der Waals surface area contributed by atoms with Crippen LogP contribution in [0.15, 0.2) is 17.2 Å². The number of nitrogens with one attached hydrogen (secondary N) is 2. The molecule has 2 amide bonds. The molecular weight excluding hydrogens is 364 g/mol. The van der Waals surface area contributed by atoms with Gasteiger partial charge in [-0.05, 0) is 26.0 Å². The summed E-state index contributed by atoms with van der Waals surface area (Å²) in [5, 5.41) is 8.44. The molecule has 12 heteroatoms. The molecule has 1 rings (SSSR count). The van der Waals surface area contributed by atoms with Crippen LogP contribution < -0.4 is 10.6 Å². The lowest BCUT2D eigenvalue weighted by Gasteiger charge is -2.12. The number of esters is 1. The highest BCUT2D eigenvalue weighted by atomic mass is 17.2. The first-order valence-electron chi connectivity index (χ1n) is 7.87. The number of hydrogen-bond donors (Lipinski definition) is 2. The Labute approximate surface area is 155 Å². The van der Waals surface area contributed by atoms with Crippen molar-refractivity contribution in [2.45, 2.75) is 20.5 Å². The molecular formula is C15H22N4O8. The third kappa shape index (κ3) is 6.95. The molecule has 0 bridgehead atoms. The number of alkyl carbamates (subject to hydrolysis) is 2. The third-order valence-corrected chi connectivity index (χ3v) is 2.84.